The topological polar surface area (TPSA) is 55.2 Å². The summed E-state index contributed by atoms with van der Waals surface area (Å²) in [5.74, 6) is 0.257. The Hall–Kier alpha value is -2.57. The van der Waals surface area contributed by atoms with Crippen LogP contribution in [0.3, 0.4) is 0 Å². The number of nitrogens with zero attached hydrogens (tertiary/aromatic N) is 3. The van der Waals surface area contributed by atoms with E-state index < -0.39 is 0 Å². The molecule has 0 saturated heterocycles. The second-order valence-electron chi connectivity index (χ2n) is 6.88. The van der Waals surface area contributed by atoms with Crippen LogP contribution in [0.25, 0.3) is 10.9 Å². The third-order valence-corrected chi connectivity index (χ3v) is 6.20. The van der Waals surface area contributed by atoms with Crippen LogP contribution in [0, 0.1) is 0 Å². The molecule has 2 heterocycles. The number of benzene rings is 2. The fraction of sp³-hybridized carbons (Fsp3) is 0.227. The van der Waals surface area contributed by atoms with Crippen molar-refractivity contribution < 1.29 is 4.79 Å². The molecule has 148 valence electrons. The average Bonchev–Trinajstić information content (AvgIpc) is 2.73. The van der Waals surface area contributed by atoms with Crippen LogP contribution in [-0.2, 0) is 24.3 Å². The molecule has 1 aliphatic heterocycles. The predicted molar refractivity (Wildman–Crippen MR) is 117 cm³/mol. The fourth-order valence-electron chi connectivity index (χ4n) is 3.50. The number of aromatic nitrogens is 2. The summed E-state index contributed by atoms with van der Waals surface area (Å²) in [5.41, 5.74) is 2.87. The minimum absolute atomic E-state index is 0.0371. The summed E-state index contributed by atoms with van der Waals surface area (Å²) in [6.45, 7) is 5.39. The zero-order valence-electron chi connectivity index (χ0n) is 15.8. The highest BCUT2D eigenvalue weighted by Gasteiger charge is 2.21. The standard InChI is InChI=1S/C22H20ClN3O2S/c1-2-10-26-21(28)18-8-7-17(23)12-19(18)24-22(26)29-14-20(27)25-11-9-15-5-3-4-6-16(15)13-25/h2-8,12H,1,9-11,13-14H2. The number of fused-ring (bicyclic) bond motifs is 2. The van der Waals surface area contributed by atoms with Gasteiger partial charge in [-0.25, -0.2) is 4.98 Å². The van der Waals surface area contributed by atoms with Crippen LogP contribution in [0.2, 0.25) is 5.02 Å². The highest BCUT2D eigenvalue weighted by Crippen LogP contribution is 2.23. The maximum Gasteiger partial charge on any atom is 0.262 e. The third kappa shape index (κ3) is 4.09. The highest BCUT2D eigenvalue weighted by molar-refractivity contribution is 7.99. The number of amides is 1. The van der Waals surface area contributed by atoms with Crippen molar-refractivity contribution in [3.05, 3.63) is 81.6 Å². The summed E-state index contributed by atoms with van der Waals surface area (Å²) in [4.78, 5) is 32.1. The zero-order chi connectivity index (χ0) is 20.4. The Labute approximate surface area is 178 Å². The van der Waals surface area contributed by atoms with Gasteiger partial charge < -0.3 is 4.90 Å². The molecule has 1 aliphatic rings. The van der Waals surface area contributed by atoms with Crippen molar-refractivity contribution in [2.24, 2.45) is 0 Å². The van der Waals surface area contributed by atoms with Gasteiger partial charge in [0.2, 0.25) is 5.91 Å². The summed E-state index contributed by atoms with van der Waals surface area (Å²) in [6.07, 6.45) is 2.51. The number of carbonyl (C=O) groups is 1. The SMILES string of the molecule is C=CCn1c(SCC(=O)N2CCc3ccccc3C2)nc2cc(Cl)ccc2c1=O. The molecule has 1 aromatic heterocycles. The molecule has 0 bridgehead atoms. The fourth-order valence-corrected chi connectivity index (χ4v) is 4.58. The quantitative estimate of drug-likeness (QED) is 0.353. The largest absolute Gasteiger partial charge is 0.337 e. The number of rotatable bonds is 5. The van der Waals surface area contributed by atoms with Gasteiger partial charge in [-0.1, -0.05) is 53.7 Å². The molecule has 2 aromatic carbocycles. The van der Waals surface area contributed by atoms with Crippen LogP contribution in [0.4, 0.5) is 0 Å². The lowest BCUT2D eigenvalue weighted by Gasteiger charge is -2.28. The average molecular weight is 426 g/mol. The van der Waals surface area contributed by atoms with Gasteiger partial charge in [0.1, 0.15) is 0 Å². The van der Waals surface area contributed by atoms with Gasteiger partial charge >= 0.3 is 0 Å². The van der Waals surface area contributed by atoms with Crippen LogP contribution in [0.15, 0.2) is 65.1 Å². The Morgan fingerprint density at radius 2 is 2.03 bits per heavy atom. The molecule has 7 heteroatoms. The second kappa shape index (κ2) is 8.43. The van der Waals surface area contributed by atoms with Crippen molar-refractivity contribution in [2.75, 3.05) is 12.3 Å². The van der Waals surface area contributed by atoms with E-state index in [2.05, 4.69) is 23.7 Å². The lowest BCUT2D eigenvalue weighted by molar-refractivity contribution is -0.129. The van der Waals surface area contributed by atoms with Gasteiger partial charge in [0, 0.05) is 24.7 Å². The monoisotopic (exact) mass is 425 g/mol. The minimum Gasteiger partial charge on any atom is -0.337 e. The van der Waals surface area contributed by atoms with Gasteiger partial charge in [-0.15, -0.1) is 6.58 Å². The van der Waals surface area contributed by atoms with Crippen LogP contribution < -0.4 is 5.56 Å². The molecule has 0 atom stereocenters. The van der Waals surface area contributed by atoms with E-state index in [9.17, 15) is 9.59 Å². The summed E-state index contributed by atoms with van der Waals surface area (Å²) >= 11 is 7.34. The van der Waals surface area contributed by atoms with E-state index in [-0.39, 0.29) is 17.2 Å². The summed E-state index contributed by atoms with van der Waals surface area (Å²) in [6, 6.07) is 13.2. The highest BCUT2D eigenvalue weighted by atomic mass is 35.5. The van der Waals surface area contributed by atoms with Crippen molar-refractivity contribution in [1.82, 2.24) is 14.5 Å². The second-order valence-corrected chi connectivity index (χ2v) is 8.26. The Morgan fingerprint density at radius 3 is 2.83 bits per heavy atom. The van der Waals surface area contributed by atoms with Gasteiger partial charge in [-0.2, -0.15) is 0 Å². The number of hydrogen-bond acceptors (Lipinski definition) is 4. The number of allylic oxidation sites excluding steroid dienone is 1. The molecule has 0 spiro atoms. The molecular weight excluding hydrogens is 406 g/mol. The van der Waals surface area contributed by atoms with Gasteiger partial charge in [-0.05, 0) is 35.7 Å². The predicted octanol–water partition coefficient (Wildman–Crippen LogP) is 3.91. The van der Waals surface area contributed by atoms with Crippen LogP contribution in [0.5, 0.6) is 0 Å². The zero-order valence-corrected chi connectivity index (χ0v) is 17.4. The smallest absolute Gasteiger partial charge is 0.262 e. The van der Waals surface area contributed by atoms with Crippen molar-refractivity contribution in [3.63, 3.8) is 0 Å². The van der Waals surface area contributed by atoms with Crippen LogP contribution in [-0.4, -0.2) is 32.7 Å². The van der Waals surface area contributed by atoms with Crippen molar-refractivity contribution in [3.8, 4) is 0 Å². The maximum absolute atomic E-state index is 12.9. The van der Waals surface area contributed by atoms with E-state index in [4.69, 9.17) is 11.6 Å². The van der Waals surface area contributed by atoms with Crippen molar-refractivity contribution in [1.29, 1.82) is 0 Å². The van der Waals surface area contributed by atoms with Gasteiger partial charge in [0.25, 0.3) is 5.56 Å². The van der Waals surface area contributed by atoms with Crippen LogP contribution >= 0.6 is 23.4 Å². The first-order valence-corrected chi connectivity index (χ1v) is 10.7. The van der Waals surface area contributed by atoms with Gasteiger partial charge in [-0.3, -0.25) is 14.2 Å². The lowest BCUT2D eigenvalue weighted by Crippen LogP contribution is -2.37. The lowest BCUT2D eigenvalue weighted by atomic mass is 10.00. The summed E-state index contributed by atoms with van der Waals surface area (Å²) in [7, 11) is 0. The van der Waals surface area contributed by atoms with Crippen molar-refractivity contribution >= 4 is 40.2 Å². The van der Waals surface area contributed by atoms with Crippen molar-refractivity contribution in [2.45, 2.75) is 24.7 Å². The van der Waals surface area contributed by atoms with E-state index in [0.29, 0.717) is 40.7 Å². The molecular formula is C22H20ClN3O2S. The molecule has 3 aromatic rings. The summed E-state index contributed by atoms with van der Waals surface area (Å²) < 4.78 is 1.55. The molecule has 0 aliphatic carbocycles. The first-order chi connectivity index (χ1) is 14.1. The molecule has 5 nitrogen and oxygen atoms in total. The Bertz CT molecular complexity index is 1160. The van der Waals surface area contributed by atoms with E-state index in [0.717, 1.165) is 6.42 Å². The minimum atomic E-state index is -0.159. The Balaban J connectivity index is 1.56. The number of carbonyl (C=O) groups excluding carboxylic acids is 1. The summed E-state index contributed by atoms with van der Waals surface area (Å²) in [5, 5.41) is 1.51. The molecule has 29 heavy (non-hydrogen) atoms. The first kappa shape index (κ1) is 19.7. The number of thioether (sulfide) groups is 1. The normalized spacial score (nSPS) is 13.3. The molecule has 0 N–H and O–H groups in total. The molecule has 0 fully saturated rings. The molecule has 1 amide bonds. The third-order valence-electron chi connectivity index (χ3n) is 5.00. The van der Waals surface area contributed by atoms with Gasteiger partial charge in [0.05, 0.1) is 16.7 Å². The van der Waals surface area contributed by atoms with E-state index >= 15 is 0 Å². The molecule has 0 radical (unpaired) electrons. The number of hydrogen-bond donors (Lipinski definition) is 0. The maximum atomic E-state index is 12.9. The Kier molecular flexibility index (Phi) is 5.74. The van der Waals surface area contributed by atoms with E-state index in [1.165, 1.54) is 22.9 Å². The number of halogens is 1. The molecule has 0 unspecified atom stereocenters. The molecule has 0 saturated carbocycles. The van der Waals surface area contributed by atoms with Gasteiger partial charge in [0.15, 0.2) is 5.16 Å². The Morgan fingerprint density at radius 1 is 1.24 bits per heavy atom. The first-order valence-electron chi connectivity index (χ1n) is 9.35. The van der Waals surface area contributed by atoms with E-state index in [1.54, 1.807) is 28.8 Å². The van der Waals surface area contributed by atoms with Crippen LogP contribution in [0.1, 0.15) is 11.1 Å². The van der Waals surface area contributed by atoms with E-state index in [1.807, 2.05) is 17.0 Å². The molecule has 4 rings (SSSR count).